The van der Waals surface area contributed by atoms with Gasteiger partial charge in [0, 0.05) is 6.54 Å². The fraction of sp³-hybridized carbons (Fsp3) is 0.357. The molecule has 7 heteroatoms. The number of H-pyrrole nitrogens is 1. The molecule has 2 N–H and O–H groups in total. The molecule has 0 radical (unpaired) electrons. The summed E-state index contributed by atoms with van der Waals surface area (Å²) in [4.78, 5) is 0.207. The lowest BCUT2D eigenvalue weighted by Gasteiger charge is -2.10. The molecular formula is C14H19N3O3S. The lowest BCUT2D eigenvalue weighted by molar-refractivity contribution is 0.320. The van der Waals surface area contributed by atoms with Crippen LogP contribution >= 0.6 is 0 Å². The lowest BCUT2D eigenvalue weighted by atomic mass is 10.2. The first-order valence-electron chi connectivity index (χ1n) is 6.61. The third-order valence-corrected chi connectivity index (χ3v) is 4.80. The van der Waals surface area contributed by atoms with Crippen molar-refractivity contribution in [2.24, 2.45) is 0 Å². The van der Waals surface area contributed by atoms with Crippen molar-refractivity contribution < 1.29 is 13.2 Å². The number of para-hydroxylation sites is 1. The van der Waals surface area contributed by atoms with Gasteiger partial charge in [-0.15, -0.1) is 0 Å². The van der Waals surface area contributed by atoms with Gasteiger partial charge in [0.1, 0.15) is 17.3 Å². The van der Waals surface area contributed by atoms with Crippen LogP contribution in [0.1, 0.15) is 17.0 Å². The van der Waals surface area contributed by atoms with Gasteiger partial charge in [0.2, 0.25) is 10.0 Å². The Hall–Kier alpha value is -1.86. The summed E-state index contributed by atoms with van der Waals surface area (Å²) < 4.78 is 32.5. The Bertz CT molecular complexity index is 703. The van der Waals surface area contributed by atoms with E-state index in [1.807, 2.05) is 31.2 Å². The van der Waals surface area contributed by atoms with Crippen molar-refractivity contribution in [1.82, 2.24) is 14.9 Å². The van der Waals surface area contributed by atoms with Gasteiger partial charge in [0.25, 0.3) is 0 Å². The molecule has 0 aliphatic heterocycles. The highest BCUT2D eigenvalue weighted by Gasteiger charge is 2.21. The summed E-state index contributed by atoms with van der Waals surface area (Å²) in [6.45, 7) is 5.73. The van der Waals surface area contributed by atoms with Gasteiger partial charge in [-0.2, -0.15) is 5.10 Å². The van der Waals surface area contributed by atoms with Gasteiger partial charge in [0.05, 0.1) is 11.4 Å². The van der Waals surface area contributed by atoms with E-state index in [2.05, 4.69) is 14.9 Å². The van der Waals surface area contributed by atoms with E-state index in [9.17, 15) is 8.42 Å². The Morgan fingerprint density at radius 1 is 1.24 bits per heavy atom. The van der Waals surface area contributed by atoms with E-state index < -0.39 is 10.0 Å². The molecule has 0 amide bonds. The summed E-state index contributed by atoms with van der Waals surface area (Å²) in [5.74, 6) is 0.757. The first-order valence-corrected chi connectivity index (χ1v) is 8.10. The van der Waals surface area contributed by atoms with Crippen molar-refractivity contribution in [2.75, 3.05) is 13.2 Å². The molecule has 0 aliphatic carbocycles. The second-order valence-electron chi connectivity index (χ2n) is 4.77. The van der Waals surface area contributed by atoms with E-state index in [1.165, 1.54) is 0 Å². The summed E-state index contributed by atoms with van der Waals surface area (Å²) >= 11 is 0. The van der Waals surface area contributed by atoms with Crippen LogP contribution < -0.4 is 9.46 Å². The van der Waals surface area contributed by atoms with E-state index in [0.29, 0.717) is 11.4 Å². The quantitative estimate of drug-likeness (QED) is 0.795. The van der Waals surface area contributed by atoms with Crippen molar-refractivity contribution in [1.29, 1.82) is 0 Å². The number of ether oxygens (including phenoxy) is 1. The molecule has 6 nitrogen and oxygen atoms in total. The van der Waals surface area contributed by atoms with Gasteiger partial charge in [-0.05, 0) is 32.4 Å². The minimum Gasteiger partial charge on any atom is -0.492 e. The van der Waals surface area contributed by atoms with Gasteiger partial charge in [-0.1, -0.05) is 18.2 Å². The highest BCUT2D eigenvalue weighted by molar-refractivity contribution is 7.89. The van der Waals surface area contributed by atoms with E-state index in [0.717, 1.165) is 11.3 Å². The normalized spacial score (nSPS) is 11.6. The Labute approximate surface area is 124 Å². The van der Waals surface area contributed by atoms with Crippen LogP contribution in [0.3, 0.4) is 0 Å². The number of aromatic nitrogens is 2. The molecular weight excluding hydrogens is 290 g/mol. The number of nitrogens with one attached hydrogen (secondary N) is 2. The van der Waals surface area contributed by atoms with Crippen LogP contribution in [-0.2, 0) is 10.0 Å². The molecule has 2 aromatic rings. The zero-order valence-corrected chi connectivity index (χ0v) is 13.1. The maximum atomic E-state index is 12.2. The molecule has 2 rings (SSSR count). The molecule has 21 heavy (non-hydrogen) atoms. The SMILES string of the molecule is Cc1ccccc1OCCNS(=O)(=O)c1c(C)n[nH]c1C. The standard InChI is InChI=1S/C14H19N3O3S/c1-10-6-4-5-7-13(10)20-9-8-15-21(18,19)14-11(2)16-17-12(14)3/h4-7,15H,8-9H2,1-3H3,(H,16,17). The van der Waals surface area contributed by atoms with Crippen LogP contribution in [0.25, 0.3) is 0 Å². The maximum absolute atomic E-state index is 12.2. The summed E-state index contributed by atoms with van der Waals surface area (Å²) in [6, 6.07) is 7.60. The molecule has 0 fully saturated rings. The fourth-order valence-electron chi connectivity index (χ4n) is 2.06. The van der Waals surface area contributed by atoms with Crippen LogP contribution in [0.15, 0.2) is 29.2 Å². The molecule has 114 valence electrons. The van der Waals surface area contributed by atoms with E-state index in [1.54, 1.807) is 13.8 Å². The van der Waals surface area contributed by atoms with Gasteiger partial charge in [-0.25, -0.2) is 13.1 Å². The highest BCUT2D eigenvalue weighted by atomic mass is 32.2. The molecule has 0 aliphatic rings. The second-order valence-corrected chi connectivity index (χ2v) is 6.48. The smallest absolute Gasteiger partial charge is 0.244 e. The average molecular weight is 309 g/mol. The minimum atomic E-state index is -3.57. The molecule has 0 atom stereocenters. The van der Waals surface area contributed by atoms with Crippen LogP contribution in [-0.4, -0.2) is 31.8 Å². The van der Waals surface area contributed by atoms with Crippen molar-refractivity contribution in [3.05, 3.63) is 41.2 Å². The molecule has 0 bridgehead atoms. The predicted molar refractivity (Wildman–Crippen MR) is 79.9 cm³/mol. The number of benzene rings is 1. The number of sulfonamides is 1. The van der Waals surface area contributed by atoms with E-state index >= 15 is 0 Å². The molecule has 1 aromatic heterocycles. The van der Waals surface area contributed by atoms with Gasteiger partial charge in [0.15, 0.2) is 0 Å². The summed E-state index contributed by atoms with van der Waals surface area (Å²) in [5, 5.41) is 6.56. The molecule has 1 heterocycles. The third-order valence-electron chi connectivity index (χ3n) is 3.07. The van der Waals surface area contributed by atoms with Crippen LogP contribution in [0.2, 0.25) is 0 Å². The third kappa shape index (κ3) is 3.62. The molecule has 0 saturated carbocycles. The monoisotopic (exact) mass is 309 g/mol. The van der Waals surface area contributed by atoms with Crippen LogP contribution in [0.4, 0.5) is 0 Å². The molecule has 1 aromatic carbocycles. The van der Waals surface area contributed by atoms with E-state index in [4.69, 9.17) is 4.74 Å². The van der Waals surface area contributed by atoms with Crippen molar-refractivity contribution >= 4 is 10.0 Å². The van der Waals surface area contributed by atoms with Gasteiger partial charge in [-0.3, -0.25) is 5.10 Å². The first-order chi connectivity index (χ1) is 9.92. The predicted octanol–water partition coefficient (Wildman–Crippen LogP) is 1.69. The molecule has 0 saturated heterocycles. The summed E-state index contributed by atoms with van der Waals surface area (Å²) in [6.07, 6.45) is 0. The number of nitrogens with zero attached hydrogens (tertiary/aromatic N) is 1. The number of aryl methyl sites for hydroxylation is 3. The van der Waals surface area contributed by atoms with Crippen molar-refractivity contribution in [2.45, 2.75) is 25.7 Å². The molecule has 0 unspecified atom stereocenters. The zero-order chi connectivity index (χ0) is 15.5. The number of hydrogen-bond donors (Lipinski definition) is 2. The summed E-state index contributed by atoms with van der Waals surface area (Å²) in [7, 11) is -3.57. The Morgan fingerprint density at radius 2 is 1.95 bits per heavy atom. The highest BCUT2D eigenvalue weighted by Crippen LogP contribution is 2.17. The fourth-order valence-corrected chi connectivity index (χ4v) is 3.44. The lowest BCUT2D eigenvalue weighted by Crippen LogP contribution is -2.29. The molecule has 0 spiro atoms. The van der Waals surface area contributed by atoms with Gasteiger partial charge < -0.3 is 4.74 Å². The maximum Gasteiger partial charge on any atom is 0.244 e. The van der Waals surface area contributed by atoms with Crippen LogP contribution in [0.5, 0.6) is 5.75 Å². The summed E-state index contributed by atoms with van der Waals surface area (Å²) in [5.41, 5.74) is 2.00. The second kappa shape index (κ2) is 6.28. The van der Waals surface area contributed by atoms with Gasteiger partial charge >= 0.3 is 0 Å². The number of hydrogen-bond acceptors (Lipinski definition) is 4. The zero-order valence-electron chi connectivity index (χ0n) is 12.3. The number of aromatic amines is 1. The Morgan fingerprint density at radius 3 is 2.57 bits per heavy atom. The topological polar surface area (TPSA) is 84.1 Å². The minimum absolute atomic E-state index is 0.195. The van der Waals surface area contributed by atoms with Crippen molar-refractivity contribution in [3.8, 4) is 5.75 Å². The largest absolute Gasteiger partial charge is 0.492 e. The average Bonchev–Trinajstić information content (AvgIpc) is 2.77. The Balaban J connectivity index is 1.93. The van der Waals surface area contributed by atoms with Crippen molar-refractivity contribution in [3.63, 3.8) is 0 Å². The van der Waals surface area contributed by atoms with Crippen LogP contribution in [0, 0.1) is 20.8 Å². The number of rotatable bonds is 6. The van der Waals surface area contributed by atoms with E-state index in [-0.39, 0.29) is 18.0 Å². The first kappa shape index (κ1) is 15.5. The Kier molecular flexibility index (Phi) is 4.64.